The fourth-order valence-corrected chi connectivity index (χ4v) is 4.43. The summed E-state index contributed by atoms with van der Waals surface area (Å²) in [6, 6.07) is 3.84. The van der Waals surface area contributed by atoms with Gasteiger partial charge in [0.25, 0.3) is 0 Å². The van der Waals surface area contributed by atoms with Crippen LogP contribution in [0.15, 0.2) is 18.2 Å². The smallest absolute Gasteiger partial charge is 0.356 e. The molecule has 8 heteroatoms. The highest BCUT2D eigenvalue weighted by molar-refractivity contribution is 5.82. The van der Waals surface area contributed by atoms with Crippen LogP contribution in [-0.4, -0.2) is 43.1 Å². The fraction of sp³-hybridized carbons (Fsp3) is 0.684. The largest absolute Gasteiger partial charge is 0.433 e. The van der Waals surface area contributed by atoms with E-state index < -0.39 is 11.9 Å². The summed E-state index contributed by atoms with van der Waals surface area (Å²) in [6.07, 6.45) is -2.56. The van der Waals surface area contributed by atoms with Crippen LogP contribution in [0.2, 0.25) is 0 Å². The first-order chi connectivity index (χ1) is 12.7. The molecule has 2 N–H and O–H groups in total. The van der Waals surface area contributed by atoms with Gasteiger partial charge < -0.3 is 15.5 Å². The molecule has 1 aromatic rings. The number of alkyl halides is 3. The number of rotatable bonds is 5. The number of carbonyl (C=O) groups is 1. The van der Waals surface area contributed by atoms with E-state index in [0.717, 1.165) is 18.9 Å². The maximum atomic E-state index is 12.9. The summed E-state index contributed by atoms with van der Waals surface area (Å²) in [7, 11) is 1.78. The Morgan fingerprint density at radius 2 is 2.00 bits per heavy atom. The zero-order valence-corrected chi connectivity index (χ0v) is 15.9. The molecular formula is C19H27F3N4O. The minimum atomic E-state index is -4.44. The van der Waals surface area contributed by atoms with Gasteiger partial charge in [-0.05, 0) is 43.9 Å². The lowest BCUT2D eigenvalue weighted by Gasteiger charge is -2.26. The first-order valence-corrected chi connectivity index (χ1v) is 9.47. The van der Waals surface area contributed by atoms with Crippen molar-refractivity contribution in [2.75, 3.05) is 25.0 Å². The molecule has 2 fully saturated rings. The van der Waals surface area contributed by atoms with Crippen LogP contribution in [0.25, 0.3) is 0 Å². The number of likely N-dealkylation sites (N-methyl/N-ethyl adjacent to an activating group) is 1. The monoisotopic (exact) mass is 384 g/mol. The number of nitrogens with one attached hydrogen (secondary N) is 2. The van der Waals surface area contributed by atoms with Crippen LogP contribution in [0.1, 0.15) is 32.4 Å². The number of amides is 1. The van der Waals surface area contributed by atoms with Crippen molar-refractivity contribution in [3.05, 3.63) is 23.9 Å². The van der Waals surface area contributed by atoms with Gasteiger partial charge >= 0.3 is 6.18 Å². The van der Waals surface area contributed by atoms with E-state index in [1.54, 1.807) is 13.1 Å². The molecule has 0 spiro atoms. The maximum Gasteiger partial charge on any atom is 0.433 e. The van der Waals surface area contributed by atoms with E-state index in [1.165, 1.54) is 6.07 Å². The van der Waals surface area contributed by atoms with Gasteiger partial charge in [0.2, 0.25) is 5.91 Å². The van der Waals surface area contributed by atoms with Gasteiger partial charge in [-0.1, -0.05) is 19.9 Å². The van der Waals surface area contributed by atoms with Crippen LogP contribution >= 0.6 is 0 Å². The molecule has 1 aliphatic carbocycles. The molecule has 5 nitrogen and oxygen atoms in total. The normalized spacial score (nSPS) is 26.3. The number of hydrogen-bond donors (Lipinski definition) is 2. The summed E-state index contributed by atoms with van der Waals surface area (Å²) < 4.78 is 38.8. The second-order valence-electron chi connectivity index (χ2n) is 7.91. The number of nitrogens with zero attached hydrogens (tertiary/aromatic N) is 2. The minimum Gasteiger partial charge on any atom is -0.356 e. The van der Waals surface area contributed by atoms with Crippen molar-refractivity contribution in [3.8, 4) is 0 Å². The van der Waals surface area contributed by atoms with Gasteiger partial charge in [0.1, 0.15) is 11.5 Å². The number of hydrogen-bond acceptors (Lipinski definition) is 4. The van der Waals surface area contributed by atoms with Crippen molar-refractivity contribution in [1.29, 1.82) is 0 Å². The summed E-state index contributed by atoms with van der Waals surface area (Å²) in [5.41, 5.74) is -0.865. The Morgan fingerprint density at radius 3 is 2.63 bits per heavy atom. The lowest BCUT2D eigenvalue weighted by Crippen LogP contribution is -2.50. The molecule has 1 aliphatic heterocycles. The standard InChI is InChI=1S/C19H27F3N4O/c1-11(2)17(23-3)18(27)24-14-8-7-12-9-26(10-13(12)14)16-6-4-5-15(25-16)19(20,21)22/h4-6,11-14,17,23H,7-10H2,1-3H3,(H,24,27)/t12-,13+,14+,17+/m1/s1. The van der Waals surface area contributed by atoms with Gasteiger partial charge in [-0.15, -0.1) is 0 Å². The number of pyridine rings is 1. The maximum absolute atomic E-state index is 12.9. The average molecular weight is 384 g/mol. The van der Waals surface area contributed by atoms with E-state index in [9.17, 15) is 18.0 Å². The quantitative estimate of drug-likeness (QED) is 0.820. The highest BCUT2D eigenvalue weighted by Gasteiger charge is 2.44. The Morgan fingerprint density at radius 1 is 1.26 bits per heavy atom. The second-order valence-corrected chi connectivity index (χ2v) is 7.91. The van der Waals surface area contributed by atoms with Crippen LogP contribution in [0.4, 0.5) is 19.0 Å². The average Bonchev–Trinajstić information content (AvgIpc) is 3.16. The molecule has 1 saturated carbocycles. The van der Waals surface area contributed by atoms with Crippen LogP contribution in [0, 0.1) is 17.8 Å². The minimum absolute atomic E-state index is 0.00575. The number of halogens is 3. The Kier molecular flexibility index (Phi) is 5.65. The molecule has 3 rings (SSSR count). The Bertz CT molecular complexity index is 679. The SMILES string of the molecule is CN[C@H](C(=O)N[C@H]1CC[C@@H]2CN(c3cccc(C(F)(F)F)n3)C[C@@H]21)C(C)C. The zero-order valence-electron chi connectivity index (χ0n) is 15.9. The molecule has 1 amide bonds. The van der Waals surface area contributed by atoms with Crippen molar-refractivity contribution in [2.24, 2.45) is 17.8 Å². The highest BCUT2D eigenvalue weighted by Crippen LogP contribution is 2.40. The van der Waals surface area contributed by atoms with Crippen molar-refractivity contribution in [1.82, 2.24) is 15.6 Å². The molecule has 2 heterocycles. The van der Waals surface area contributed by atoms with E-state index in [0.29, 0.717) is 24.8 Å². The number of fused-ring (bicyclic) bond motifs is 1. The molecule has 0 bridgehead atoms. The lowest BCUT2D eigenvalue weighted by atomic mass is 9.97. The zero-order chi connectivity index (χ0) is 19.8. The molecule has 1 saturated heterocycles. The number of anilines is 1. The van der Waals surface area contributed by atoms with Gasteiger partial charge in [0, 0.05) is 25.0 Å². The predicted octanol–water partition coefficient (Wildman–Crippen LogP) is 2.68. The van der Waals surface area contributed by atoms with E-state index >= 15 is 0 Å². The third kappa shape index (κ3) is 4.20. The van der Waals surface area contributed by atoms with Gasteiger partial charge in [0.05, 0.1) is 6.04 Å². The Labute approximate surface area is 157 Å². The van der Waals surface area contributed by atoms with Gasteiger partial charge in [0.15, 0.2) is 0 Å². The molecule has 2 aliphatic rings. The Balaban J connectivity index is 1.67. The van der Waals surface area contributed by atoms with Gasteiger partial charge in [-0.25, -0.2) is 4.98 Å². The molecule has 0 aromatic carbocycles. The van der Waals surface area contributed by atoms with Crippen molar-refractivity contribution in [3.63, 3.8) is 0 Å². The van der Waals surface area contributed by atoms with Gasteiger partial charge in [-0.3, -0.25) is 4.79 Å². The van der Waals surface area contributed by atoms with Crippen molar-refractivity contribution in [2.45, 2.75) is 44.9 Å². The van der Waals surface area contributed by atoms with E-state index in [1.807, 2.05) is 18.7 Å². The van der Waals surface area contributed by atoms with Crippen LogP contribution < -0.4 is 15.5 Å². The highest BCUT2D eigenvalue weighted by atomic mass is 19.4. The summed E-state index contributed by atoms with van der Waals surface area (Å²) in [5.74, 6) is 1.16. The summed E-state index contributed by atoms with van der Waals surface area (Å²) in [4.78, 5) is 18.3. The molecule has 27 heavy (non-hydrogen) atoms. The first-order valence-electron chi connectivity index (χ1n) is 9.47. The molecule has 4 atom stereocenters. The molecule has 1 aromatic heterocycles. The van der Waals surface area contributed by atoms with Crippen molar-refractivity contribution >= 4 is 11.7 Å². The van der Waals surface area contributed by atoms with Crippen molar-refractivity contribution < 1.29 is 18.0 Å². The lowest BCUT2D eigenvalue weighted by molar-refractivity contribution is -0.141. The van der Waals surface area contributed by atoms with Crippen LogP contribution in [0.5, 0.6) is 0 Å². The molecule has 0 radical (unpaired) electrons. The van der Waals surface area contributed by atoms with Crippen LogP contribution in [-0.2, 0) is 11.0 Å². The second kappa shape index (κ2) is 7.66. The fourth-order valence-electron chi connectivity index (χ4n) is 4.43. The Hall–Kier alpha value is -1.83. The summed E-state index contributed by atoms with van der Waals surface area (Å²) >= 11 is 0. The number of carbonyl (C=O) groups excluding carboxylic acids is 1. The first kappa shape index (κ1) is 19.9. The van der Waals surface area contributed by atoms with E-state index in [2.05, 4.69) is 15.6 Å². The molecule has 0 unspecified atom stereocenters. The predicted molar refractivity (Wildman–Crippen MR) is 97.3 cm³/mol. The molecular weight excluding hydrogens is 357 g/mol. The van der Waals surface area contributed by atoms with Gasteiger partial charge in [-0.2, -0.15) is 13.2 Å². The number of aromatic nitrogens is 1. The third-order valence-electron chi connectivity index (χ3n) is 5.79. The summed E-state index contributed by atoms with van der Waals surface area (Å²) in [5, 5.41) is 6.21. The van der Waals surface area contributed by atoms with Crippen LogP contribution in [0.3, 0.4) is 0 Å². The third-order valence-corrected chi connectivity index (χ3v) is 5.79. The molecule has 150 valence electrons. The summed E-state index contributed by atoms with van der Waals surface area (Å²) in [6.45, 7) is 5.30. The van der Waals surface area contributed by atoms with E-state index in [-0.39, 0.29) is 29.8 Å². The van der Waals surface area contributed by atoms with E-state index in [4.69, 9.17) is 0 Å². The topological polar surface area (TPSA) is 57.3 Å².